The summed E-state index contributed by atoms with van der Waals surface area (Å²) in [6.45, 7) is 5.35. The molecule has 0 spiro atoms. The van der Waals surface area contributed by atoms with Gasteiger partial charge in [0.1, 0.15) is 11.9 Å². The second kappa shape index (κ2) is 5.07. The van der Waals surface area contributed by atoms with Gasteiger partial charge in [0, 0.05) is 17.5 Å². The quantitative estimate of drug-likeness (QED) is 0.825. The van der Waals surface area contributed by atoms with E-state index in [1.54, 1.807) is 27.0 Å². The fourth-order valence-corrected chi connectivity index (χ4v) is 1.68. The van der Waals surface area contributed by atoms with Gasteiger partial charge >= 0.3 is 6.09 Å². The van der Waals surface area contributed by atoms with E-state index in [0.717, 1.165) is 11.2 Å². The van der Waals surface area contributed by atoms with Crippen molar-refractivity contribution in [1.82, 2.24) is 4.98 Å². The minimum atomic E-state index is -0.542. The highest BCUT2D eigenvalue weighted by molar-refractivity contribution is 7.15. The molecule has 16 heavy (non-hydrogen) atoms. The summed E-state index contributed by atoms with van der Waals surface area (Å²) in [5, 5.41) is 2.94. The Morgan fingerprint density at radius 1 is 1.62 bits per heavy atom. The van der Waals surface area contributed by atoms with E-state index in [0.29, 0.717) is 11.6 Å². The van der Waals surface area contributed by atoms with Crippen molar-refractivity contribution in [2.45, 2.75) is 32.8 Å². The molecule has 1 aromatic heterocycles. The molecule has 0 aliphatic carbocycles. The van der Waals surface area contributed by atoms with Crippen molar-refractivity contribution in [3.05, 3.63) is 11.1 Å². The van der Waals surface area contributed by atoms with Crippen molar-refractivity contribution >= 4 is 28.8 Å². The predicted molar refractivity (Wildman–Crippen MR) is 61.7 cm³/mol. The number of thiazole rings is 1. The SMILES string of the molecule is CC(C)(C)OC(=O)Nc1ncc(CC=O)s1. The standard InChI is InChI=1S/C10H14N2O3S/c1-10(2,3)15-9(14)12-8-11-6-7(16-8)4-5-13/h5-6H,4H2,1-3H3,(H,11,12,14). The number of hydrogen-bond donors (Lipinski definition) is 1. The van der Waals surface area contributed by atoms with Crippen LogP contribution in [0.1, 0.15) is 25.6 Å². The zero-order valence-electron chi connectivity index (χ0n) is 9.44. The smallest absolute Gasteiger partial charge is 0.413 e. The Labute approximate surface area is 97.8 Å². The van der Waals surface area contributed by atoms with Crippen molar-refractivity contribution in [2.75, 3.05) is 5.32 Å². The molecule has 5 nitrogen and oxygen atoms in total. The van der Waals surface area contributed by atoms with Gasteiger partial charge in [0.05, 0.1) is 0 Å². The van der Waals surface area contributed by atoms with Crippen molar-refractivity contribution in [2.24, 2.45) is 0 Å². The molecular weight excluding hydrogens is 228 g/mol. The molecule has 0 aliphatic heterocycles. The Morgan fingerprint density at radius 3 is 2.88 bits per heavy atom. The molecule has 1 N–H and O–H groups in total. The first-order valence-corrected chi connectivity index (χ1v) is 5.61. The molecule has 1 amide bonds. The molecule has 0 aliphatic rings. The third-order valence-electron chi connectivity index (χ3n) is 1.45. The van der Waals surface area contributed by atoms with Crippen LogP contribution in [0.2, 0.25) is 0 Å². The highest BCUT2D eigenvalue weighted by Gasteiger charge is 2.17. The van der Waals surface area contributed by atoms with E-state index in [-0.39, 0.29) is 0 Å². The van der Waals surface area contributed by atoms with Crippen molar-refractivity contribution < 1.29 is 14.3 Å². The predicted octanol–water partition coefficient (Wildman–Crippen LogP) is 2.23. The monoisotopic (exact) mass is 242 g/mol. The number of nitrogens with zero attached hydrogens (tertiary/aromatic N) is 1. The van der Waals surface area contributed by atoms with E-state index in [1.807, 2.05) is 0 Å². The summed E-state index contributed by atoms with van der Waals surface area (Å²) >= 11 is 1.26. The summed E-state index contributed by atoms with van der Waals surface area (Å²) in [6, 6.07) is 0. The number of carbonyl (C=O) groups is 2. The maximum Gasteiger partial charge on any atom is 0.413 e. The number of anilines is 1. The third kappa shape index (κ3) is 4.39. The second-order valence-electron chi connectivity index (χ2n) is 4.13. The molecule has 0 saturated carbocycles. The minimum absolute atomic E-state index is 0.313. The zero-order valence-corrected chi connectivity index (χ0v) is 10.3. The molecule has 0 radical (unpaired) electrons. The highest BCUT2D eigenvalue weighted by Crippen LogP contribution is 2.19. The number of ether oxygens (including phenoxy) is 1. The number of carbonyl (C=O) groups excluding carboxylic acids is 2. The summed E-state index contributed by atoms with van der Waals surface area (Å²) in [5.41, 5.74) is -0.535. The van der Waals surface area contributed by atoms with Gasteiger partial charge in [-0.1, -0.05) is 0 Å². The van der Waals surface area contributed by atoms with Crippen LogP contribution in [-0.4, -0.2) is 23.0 Å². The molecule has 0 aromatic carbocycles. The maximum absolute atomic E-state index is 11.4. The lowest BCUT2D eigenvalue weighted by atomic mass is 10.2. The van der Waals surface area contributed by atoms with Crippen molar-refractivity contribution in [1.29, 1.82) is 0 Å². The van der Waals surface area contributed by atoms with E-state index in [1.165, 1.54) is 11.3 Å². The summed E-state index contributed by atoms with van der Waals surface area (Å²) < 4.78 is 5.06. The molecule has 1 heterocycles. The van der Waals surface area contributed by atoms with Crippen LogP contribution in [0.15, 0.2) is 6.20 Å². The van der Waals surface area contributed by atoms with Gasteiger partial charge in [-0.05, 0) is 20.8 Å². The van der Waals surface area contributed by atoms with Crippen LogP contribution in [0.25, 0.3) is 0 Å². The van der Waals surface area contributed by atoms with Crippen molar-refractivity contribution in [3.63, 3.8) is 0 Å². The third-order valence-corrected chi connectivity index (χ3v) is 2.38. The van der Waals surface area contributed by atoms with Gasteiger partial charge < -0.3 is 9.53 Å². The Morgan fingerprint density at radius 2 is 2.31 bits per heavy atom. The van der Waals surface area contributed by atoms with Crippen LogP contribution in [0.5, 0.6) is 0 Å². The summed E-state index contributed by atoms with van der Waals surface area (Å²) in [5.74, 6) is 0. The van der Waals surface area contributed by atoms with E-state index >= 15 is 0 Å². The zero-order chi connectivity index (χ0) is 12.2. The number of amides is 1. The summed E-state index contributed by atoms with van der Waals surface area (Å²) in [6.07, 6.45) is 2.13. The fourth-order valence-electron chi connectivity index (χ4n) is 0.933. The Hall–Kier alpha value is -1.43. The van der Waals surface area contributed by atoms with Gasteiger partial charge in [-0.2, -0.15) is 0 Å². The molecule has 1 aromatic rings. The highest BCUT2D eigenvalue weighted by atomic mass is 32.1. The summed E-state index contributed by atoms with van der Waals surface area (Å²) in [4.78, 5) is 26.4. The molecule has 88 valence electrons. The molecular formula is C10H14N2O3S. The van der Waals surface area contributed by atoms with Crippen LogP contribution in [0, 0.1) is 0 Å². The lowest BCUT2D eigenvalue weighted by Crippen LogP contribution is -2.27. The van der Waals surface area contributed by atoms with Crippen LogP contribution in [-0.2, 0) is 16.0 Å². The maximum atomic E-state index is 11.4. The number of hydrogen-bond acceptors (Lipinski definition) is 5. The van der Waals surface area contributed by atoms with Gasteiger partial charge in [-0.3, -0.25) is 5.32 Å². The van der Waals surface area contributed by atoms with E-state index in [2.05, 4.69) is 10.3 Å². The largest absolute Gasteiger partial charge is 0.444 e. The number of aromatic nitrogens is 1. The first-order valence-electron chi connectivity index (χ1n) is 4.79. The average Bonchev–Trinajstić information content (AvgIpc) is 2.49. The number of aldehydes is 1. The molecule has 0 bridgehead atoms. The second-order valence-corrected chi connectivity index (χ2v) is 5.24. The van der Waals surface area contributed by atoms with Crippen LogP contribution < -0.4 is 5.32 Å². The van der Waals surface area contributed by atoms with E-state index in [4.69, 9.17) is 4.74 Å². The number of rotatable bonds is 3. The van der Waals surface area contributed by atoms with E-state index < -0.39 is 11.7 Å². The van der Waals surface area contributed by atoms with Crippen LogP contribution in [0.3, 0.4) is 0 Å². The molecule has 0 unspecified atom stereocenters. The Kier molecular flexibility index (Phi) is 4.00. The van der Waals surface area contributed by atoms with Gasteiger partial charge in [0.25, 0.3) is 0 Å². The van der Waals surface area contributed by atoms with Gasteiger partial charge in [-0.15, -0.1) is 11.3 Å². The summed E-state index contributed by atoms with van der Waals surface area (Å²) in [7, 11) is 0. The first-order chi connectivity index (χ1) is 7.40. The Bertz CT molecular complexity index is 382. The molecule has 0 atom stereocenters. The molecule has 6 heteroatoms. The van der Waals surface area contributed by atoms with E-state index in [9.17, 15) is 9.59 Å². The van der Waals surface area contributed by atoms with Gasteiger partial charge in [0.15, 0.2) is 5.13 Å². The molecule has 1 rings (SSSR count). The normalized spacial score (nSPS) is 10.9. The Balaban J connectivity index is 2.53. The van der Waals surface area contributed by atoms with Gasteiger partial charge in [-0.25, -0.2) is 9.78 Å². The van der Waals surface area contributed by atoms with Gasteiger partial charge in [0.2, 0.25) is 0 Å². The topological polar surface area (TPSA) is 68.3 Å². The number of nitrogens with one attached hydrogen (secondary N) is 1. The molecule has 0 saturated heterocycles. The first kappa shape index (κ1) is 12.6. The minimum Gasteiger partial charge on any atom is -0.444 e. The average molecular weight is 242 g/mol. The van der Waals surface area contributed by atoms with Crippen LogP contribution in [0.4, 0.5) is 9.93 Å². The fraction of sp³-hybridized carbons (Fsp3) is 0.500. The van der Waals surface area contributed by atoms with Crippen molar-refractivity contribution in [3.8, 4) is 0 Å². The van der Waals surface area contributed by atoms with Crippen LogP contribution >= 0.6 is 11.3 Å². The lowest BCUT2D eigenvalue weighted by molar-refractivity contribution is -0.107. The lowest BCUT2D eigenvalue weighted by Gasteiger charge is -2.18. The molecule has 0 fully saturated rings.